The highest BCUT2D eigenvalue weighted by molar-refractivity contribution is 9.10. The minimum atomic E-state index is -0.443. The van der Waals surface area contributed by atoms with E-state index < -0.39 is 5.60 Å². The van der Waals surface area contributed by atoms with Crippen LogP contribution in [0.5, 0.6) is 0 Å². The molecule has 2 aromatic rings. The lowest BCUT2D eigenvalue weighted by Gasteiger charge is -2.33. The van der Waals surface area contributed by atoms with Crippen LogP contribution in [0.3, 0.4) is 0 Å². The molecule has 0 saturated carbocycles. The van der Waals surface area contributed by atoms with Crippen molar-refractivity contribution in [2.75, 3.05) is 13.1 Å². The van der Waals surface area contributed by atoms with Crippen LogP contribution in [-0.2, 0) is 11.3 Å². The number of likely N-dealkylation sites (tertiary alicyclic amines) is 1. The Balaban J connectivity index is 1.59. The van der Waals surface area contributed by atoms with E-state index in [0.29, 0.717) is 5.92 Å². The number of amides is 1. The first-order valence-electron chi connectivity index (χ1n) is 8.28. The van der Waals surface area contributed by atoms with E-state index >= 15 is 0 Å². The van der Waals surface area contributed by atoms with E-state index in [9.17, 15) is 4.79 Å². The lowest BCUT2D eigenvalue weighted by Crippen LogP contribution is -2.42. The highest BCUT2D eigenvalue weighted by atomic mass is 79.9. The van der Waals surface area contributed by atoms with Crippen molar-refractivity contribution in [1.29, 1.82) is 0 Å². The summed E-state index contributed by atoms with van der Waals surface area (Å²) in [5.74, 6) is 0.493. The summed E-state index contributed by atoms with van der Waals surface area (Å²) in [7, 11) is 0. The molecule has 1 aromatic carbocycles. The number of carbonyl (C=O) groups is 1. The Kier molecular flexibility index (Phi) is 4.80. The molecule has 0 radical (unpaired) electrons. The summed E-state index contributed by atoms with van der Waals surface area (Å²) in [5.41, 5.74) is 1.50. The molecule has 1 aromatic heterocycles. The van der Waals surface area contributed by atoms with Crippen LogP contribution in [0, 0.1) is 5.92 Å². The van der Waals surface area contributed by atoms with Crippen molar-refractivity contribution in [3.63, 3.8) is 0 Å². The fraction of sp³-hybridized carbons (Fsp3) is 0.588. The zero-order valence-corrected chi connectivity index (χ0v) is 15.9. The topological polar surface area (TPSA) is 60.2 Å². The van der Waals surface area contributed by atoms with Crippen molar-refractivity contribution in [2.24, 2.45) is 5.92 Å². The fourth-order valence-electron chi connectivity index (χ4n) is 2.94. The summed E-state index contributed by atoms with van der Waals surface area (Å²) in [6, 6.07) is 5.99. The van der Waals surface area contributed by atoms with Crippen molar-refractivity contribution >= 4 is 33.1 Å². The van der Waals surface area contributed by atoms with Gasteiger partial charge < -0.3 is 9.64 Å². The average Bonchev–Trinajstić information content (AvgIpc) is 2.88. The van der Waals surface area contributed by atoms with Crippen molar-refractivity contribution in [3.8, 4) is 0 Å². The van der Waals surface area contributed by atoms with E-state index in [0.717, 1.165) is 48.0 Å². The molecule has 0 bridgehead atoms. The predicted octanol–water partition coefficient (Wildman–Crippen LogP) is 3.84. The average molecular weight is 395 g/mol. The van der Waals surface area contributed by atoms with Crippen molar-refractivity contribution in [1.82, 2.24) is 19.9 Å². The van der Waals surface area contributed by atoms with Crippen LogP contribution < -0.4 is 0 Å². The second-order valence-electron chi connectivity index (χ2n) is 7.32. The van der Waals surface area contributed by atoms with Crippen molar-refractivity contribution < 1.29 is 9.53 Å². The van der Waals surface area contributed by atoms with Crippen LogP contribution in [0.15, 0.2) is 22.7 Å². The fourth-order valence-corrected chi connectivity index (χ4v) is 3.29. The molecule has 1 aliphatic heterocycles. The molecule has 0 spiro atoms. The van der Waals surface area contributed by atoms with Gasteiger partial charge in [-0.3, -0.25) is 0 Å². The van der Waals surface area contributed by atoms with Gasteiger partial charge in [0.1, 0.15) is 11.1 Å². The lowest BCUT2D eigenvalue weighted by atomic mass is 9.97. The van der Waals surface area contributed by atoms with Gasteiger partial charge >= 0.3 is 6.09 Å². The zero-order chi connectivity index (χ0) is 17.3. The maximum atomic E-state index is 12.1. The third-order valence-electron chi connectivity index (χ3n) is 4.17. The first kappa shape index (κ1) is 17.2. The van der Waals surface area contributed by atoms with Crippen LogP contribution in [0.1, 0.15) is 33.6 Å². The van der Waals surface area contributed by atoms with Gasteiger partial charge in [0, 0.05) is 24.1 Å². The highest BCUT2D eigenvalue weighted by Crippen LogP contribution is 2.23. The monoisotopic (exact) mass is 394 g/mol. The number of nitrogens with zero attached hydrogens (tertiary/aromatic N) is 4. The Morgan fingerprint density at radius 3 is 2.71 bits per heavy atom. The molecule has 3 rings (SSSR count). The Labute approximate surface area is 150 Å². The van der Waals surface area contributed by atoms with E-state index in [4.69, 9.17) is 4.74 Å². The Hall–Kier alpha value is -1.63. The van der Waals surface area contributed by atoms with E-state index in [-0.39, 0.29) is 6.09 Å². The predicted molar refractivity (Wildman–Crippen MR) is 95.8 cm³/mol. The van der Waals surface area contributed by atoms with Gasteiger partial charge in [0.25, 0.3) is 0 Å². The van der Waals surface area contributed by atoms with Crippen LogP contribution >= 0.6 is 15.9 Å². The number of ether oxygens (including phenoxy) is 1. The minimum absolute atomic E-state index is 0.212. The number of benzene rings is 1. The number of fused-ring (bicyclic) bond motifs is 1. The van der Waals surface area contributed by atoms with E-state index in [1.807, 2.05) is 43.7 Å². The molecule has 1 aliphatic rings. The second kappa shape index (κ2) is 6.70. The molecule has 0 aliphatic carbocycles. The first-order valence-corrected chi connectivity index (χ1v) is 9.08. The molecule has 1 fully saturated rings. The third-order valence-corrected chi connectivity index (χ3v) is 4.67. The second-order valence-corrected chi connectivity index (χ2v) is 8.23. The summed E-state index contributed by atoms with van der Waals surface area (Å²) >= 11 is 3.50. The molecule has 0 unspecified atom stereocenters. The number of piperidine rings is 1. The number of hydrogen-bond donors (Lipinski definition) is 0. The quantitative estimate of drug-likeness (QED) is 0.775. The molecule has 1 amide bonds. The van der Waals surface area contributed by atoms with Crippen LogP contribution in [0.4, 0.5) is 4.79 Å². The Morgan fingerprint density at radius 1 is 1.33 bits per heavy atom. The molecule has 2 heterocycles. The number of hydrogen-bond acceptors (Lipinski definition) is 4. The normalized spacial score (nSPS) is 16.6. The van der Waals surface area contributed by atoms with Crippen LogP contribution in [0.2, 0.25) is 0 Å². The molecule has 0 atom stereocenters. The van der Waals surface area contributed by atoms with Gasteiger partial charge in [0.05, 0.1) is 5.52 Å². The maximum absolute atomic E-state index is 12.1. The Bertz CT molecular complexity index is 730. The first-order chi connectivity index (χ1) is 11.3. The Morgan fingerprint density at radius 2 is 2.04 bits per heavy atom. The summed E-state index contributed by atoms with van der Waals surface area (Å²) in [6.07, 6.45) is 1.69. The molecule has 7 heteroatoms. The van der Waals surface area contributed by atoms with E-state index in [2.05, 4.69) is 26.2 Å². The van der Waals surface area contributed by atoms with Gasteiger partial charge in [0.2, 0.25) is 0 Å². The maximum Gasteiger partial charge on any atom is 0.410 e. The van der Waals surface area contributed by atoms with E-state index in [1.54, 1.807) is 4.90 Å². The van der Waals surface area contributed by atoms with Crippen LogP contribution in [-0.4, -0.2) is 44.7 Å². The molecule has 6 nitrogen and oxygen atoms in total. The third kappa shape index (κ3) is 4.06. The largest absolute Gasteiger partial charge is 0.444 e. The van der Waals surface area contributed by atoms with Crippen molar-refractivity contribution in [3.05, 3.63) is 22.7 Å². The van der Waals surface area contributed by atoms with Gasteiger partial charge in [-0.05, 0) is 57.7 Å². The van der Waals surface area contributed by atoms with Gasteiger partial charge in [-0.25, -0.2) is 9.48 Å². The summed E-state index contributed by atoms with van der Waals surface area (Å²) in [5, 5.41) is 8.49. The zero-order valence-electron chi connectivity index (χ0n) is 14.3. The molecule has 0 N–H and O–H groups in total. The summed E-state index contributed by atoms with van der Waals surface area (Å²) in [4.78, 5) is 13.9. The minimum Gasteiger partial charge on any atom is -0.444 e. The summed E-state index contributed by atoms with van der Waals surface area (Å²) < 4.78 is 8.44. The van der Waals surface area contributed by atoms with E-state index in [1.165, 1.54) is 0 Å². The number of carbonyl (C=O) groups excluding carboxylic acids is 1. The molecular formula is C17H23BrN4O2. The van der Waals surface area contributed by atoms with Crippen molar-refractivity contribution in [2.45, 2.75) is 45.8 Å². The SMILES string of the molecule is CC(C)(C)OC(=O)N1CCC(Cn2nnc3ccc(Br)cc32)CC1. The standard InChI is InChI=1S/C17H23BrN4O2/c1-17(2,3)24-16(23)21-8-6-12(7-9-21)11-22-15-10-13(18)4-5-14(15)19-20-22/h4-5,10,12H,6-9,11H2,1-3H3. The van der Waals surface area contributed by atoms with Gasteiger partial charge in [-0.15, -0.1) is 5.10 Å². The van der Waals surface area contributed by atoms with Gasteiger partial charge in [-0.1, -0.05) is 21.1 Å². The molecule has 130 valence electrons. The number of aromatic nitrogens is 3. The molecule has 24 heavy (non-hydrogen) atoms. The smallest absolute Gasteiger partial charge is 0.410 e. The molecule has 1 saturated heterocycles. The lowest BCUT2D eigenvalue weighted by molar-refractivity contribution is 0.0177. The highest BCUT2D eigenvalue weighted by Gasteiger charge is 2.27. The molecular weight excluding hydrogens is 372 g/mol. The van der Waals surface area contributed by atoms with Crippen LogP contribution in [0.25, 0.3) is 11.0 Å². The van der Waals surface area contributed by atoms with Gasteiger partial charge in [0.15, 0.2) is 0 Å². The number of halogens is 1. The number of rotatable bonds is 2. The van der Waals surface area contributed by atoms with Gasteiger partial charge in [-0.2, -0.15) is 0 Å². The summed E-state index contributed by atoms with van der Waals surface area (Å²) in [6.45, 7) is 7.98.